The predicted molar refractivity (Wildman–Crippen MR) is 52.0 cm³/mol. The Morgan fingerprint density at radius 3 is 0.929 bits per heavy atom. The summed E-state index contributed by atoms with van der Waals surface area (Å²) < 4.78 is 223. The largest absolute Gasteiger partial charge is 0.460 e. The predicted octanol–water partition coefficient (Wildman–Crippen LogP) is 6.09. The van der Waals surface area contributed by atoms with E-state index in [4.69, 9.17) is 4.55 Å². The molecule has 2 nitrogen and oxygen atoms in total. The standard InChI is InChI=1S/C8HF17O2S/c9-1(10,3(13,14)5(17,18)7(21,22)23)2(11,12)4(15,16)6(19,20)8(24,27-25)28-26/h26H. The molecule has 28 heavy (non-hydrogen) atoms. The van der Waals surface area contributed by atoms with Crippen molar-refractivity contribution < 1.29 is 84.3 Å². The first-order chi connectivity index (χ1) is 11.9. The van der Waals surface area contributed by atoms with Gasteiger partial charge >= 0.3 is 46.9 Å². The molecule has 1 unspecified atom stereocenters. The molecule has 0 aliphatic carbocycles. The van der Waals surface area contributed by atoms with Crippen LogP contribution in [-0.2, 0) is 4.94 Å². The lowest BCUT2D eigenvalue weighted by Crippen LogP contribution is -2.74. The minimum atomic E-state index is -8.66. The van der Waals surface area contributed by atoms with E-state index >= 15 is 0 Å². The van der Waals surface area contributed by atoms with Crippen LogP contribution in [0.15, 0.2) is 0 Å². The van der Waals surface area contributed by atoms with E-state index in [0.29, 0.717) is 0 Å². The molecule has 0 saturated heterocycles. The van der Waals surface area contributed by atoms with E-state index in [2.05, 4.69) is 0 Å². The first-order valence-electron chi connectivity index (χ1n) is 5.52. The minimum absolute atomic E-state index is 1.38. The Morgan fingerprint density at radius 2 is 0.714 bits per heavy atom. The van der Waals surface area contributed by atoms with Crippen molar-refractivity contribution in [3.63, 3.8) is 0 Å². The number of hydrogen-bond donors (Lipinski definition) is 1. The molecule has 0 bridgehead atoms. The van der Waals surface area contributed by atoms with E-state index in [-0.39, 0.29) is 0 Å². The van der Waals surface area contributed by atoms with Gasteiger partial charge < -0.3 is 4.55 Å². The maximum absolute atomic E-state index is 13.1. The van der Waals surface area contributed by atoms with E-state index in [1.165, 1.54) is 4.94 Å². The summed E-state index contributed by atoms with van der Waals surface area (Å²) in [6, 6.07) is 0. The van der Waals surface area contributed by atoms with Gasteiger partial charge in [0.1, 0.15) is 0 Å². The van der Waals surface area contributed by atoms with Crippen molar-refractivity contribution in [3.05, 3.63) is 0 Å². The highest BCUT2D eigenvalue weighted by atomic mass is 32.2. The summed E-state index contributed by atoms with van der Waals surface area (Å²) in [5.74, 6) is -50.1. The third kappa shape index (κ3) is 3.14. The SMILES string of the molecule is OSC(F)(OF)C(F)(F)C(F)(F)C(F)(F)C(F)(F)C(F)(F)C(F)(F)C(F)(F)F. The van der Waals surface area contributed by atoms with E-state index in [1.807, 2.05) is 0 Å². The van der Waals surface area contributed by atoms with E-state index in [9.17, 15) is 74.8 Å². The second-order valence-electron chi connectivity index (χ2n) is 4.65. The van der Waals surface area contributed by atoms with E-state index < -0.39 is 58.9 Å². The van der Waals surface area contributed by atoms with Crippen molar-refractivity contribution in [1.82, 2.24) is 0 Å². The molecule has 0 aliphatic rings. The number of hydrogen-bond acceptors (Lipinski definition) is 3. The van der Waals surface area contributed by atoms with Gasteiger partial charge in [-0.05, 0) is 4.53 Å². The Kier molecular flexibility index (Phi) is 6.59. The third-order valence-corrected chi connectivity index (χ3v) is 3.47. The van der Waals surface area contributed by atoms with Crippen LogP contribution in [0, 0.1) is 0 Å². The highest BCUT2D eigenvalue weighted by Crippen LogP contribution is 2.64. The number of halogens is 17. The Balaban J connectivity index is 6.72. The lowest BCUT2D eigenvalue weighted by Gasteiger charge is -2.42. The van der Waals surface area contributed by atoms with Gasteiger partial charge in [0, 0.05) is 0 Å². The molecule has 0 aromatic heterocycles. The summed E-state index contributed by atoms with van der Waals surface area (Å²) in [4.78, 5) is 1.38. The molecule has 0 heterocycles. The summed E-state index contributed by atoms with van der Waals surface area (Å²) in [5, 5.41) is -6.42. The van der Waals surface area contributed by atoms with Gasteiger partial charge in [0.15, 0.2) is 0 Å². The molecule has 0 aliphatic heterocycles. The van der Waals surface area contributed by atoms with Crippen LogP contribution >= 0.6 is 12.0 Å². The van der Waals surface area contributed by atoms with Crippen LogP contribution in [0.1, 0.15) is 0 Å². The normalized spacial score (nSPS) is 18.2. The van der Waals surface area contributed by atoms with Crippen LogP contribution in [0.25, 0.3) is 0 Å². The van der Waals surface area contributed by atoms with Gasteiger partial charge in [0.25, 0.3) is 0 Å². The van der Waals surface area contributed by atoms with Crippen LogP contribution in [0.2, 0.25) is 0 Å². The smallest absolute Gasteiger partial charge is 0.325 e. The monoisotopic (exact) mass is 484 g/mol. The Morgan fingerprint density at radius 1 is 0.464 bits per heavy atom. The molecule has 170 valence electrons. The number of rotatable bonds is 8. The van der Waals surface area contributed by atoms with Crippen LogP contribution in [0.4, 0.5) is 74.8 Å². The van der Waals surface area contributed by atoms with Crippen molar-refractivity contribution in [2.45, 2.75) is 46.9 Å². The molecular formula is C8HF17O2S. The average Bonchev–Trinajstić information content (AvgIpc) is 2.51. The topological polar surface area (TPSA) is 29.5 Å². The average molecular weight is 484 g/mol. The molecule has 0 spiro atoms. The zero-order valence-electron chi connectivity index (χ0n) is 11.7. The Labute approximate surface area is 144 Å². The fraction of sp³-hybridized carbons (Fsp3) is 1.00. The van der Waals surface area contributed by atoms with Crippen molar-refractivity contribution in [1.29, 1.82) is 0 Å². The van der Waals surface area contributed by atoms with Crippen molar-refractivity contribution >= 4 is 12.0 Å². The van der Waals surface area contributed by atoms with E-state index in [0.717, 1.165) is 0 Å². The third-order valence-electron chi connectivity index (χ3n) is 2.92. The fourth-order valence-corrected chi connectivity index (χ4v) is 1.55. The first kappa shape index (κ1) is 27.1. The molecule has 1 N–H and O–H groups in total. The molecule has 0 aromatic rings. The molecule has 0 radical (unpaired) electrons. The summed E-state index contributed by atoms with van der Waals surface area (Å²) in [6.45, 7) is 0. The molecule has 20 heteroatoms. The molecule has 0 aromatic carbocycles. The molecule has 1 atom stereocenters. The quantitative estimate of drug-likeness (QED) is 0.257. The molecule has 0 rings (SSSR count). The van der Waals surface area contributed by atoms with Gasteiger partial charge in [-0.3, -0.25) is 0 Å². The zero-order chi connectivity index (χ0) is 23.4. The molecule has 0 amide bonds. The maximum Gasteiger partial charge on any atom is 0.460 e. The lowest BCUT2D eigenvalue weighted by molar-refractivity contribution is -0.467. The summed E-state index contributed by atoms with van der Waals surface area (Å²) >= 11 is -2.54. The van der Waals surface area contributed by atoms with Crippen molar-refractivity contribution in [3.8, 4) is 0 Å². The summed E-state index contributed by atoms with van der Waals surface area (Å²) in [6.07, 6.45) is -7.79. The van der Waals surface area contributed by atoms with Crippen molar-refractivity contribution in [2.24, 2.45) is 0 Å². The van der Waals surface area contributed by atoms with Gasteiger partial charge in [-0.2, -0.15) is 70.2 Å². The molecule has 0 fully saturated rings. The number of alkyl halides is 16. The second kappa shape index (κ2) is 6.81. The maximum atomic E-state index is 13.1. The summed E-state index contributed by atoms with van der Waals surface area (Å²) in [5.41, 5.74) is 0. The van der Waals surface area contributed by atoms with Crippen molar-refractivity contribution in [2.75, 3.05) is 0 Å². The summed E-state index contributed by atoms with van der Waals surface area (Å²) in [7, 11) is 0. The lowest BCUT2D eigenvalue weighted by atomic mass is 9.91. The van der Waals surface area contributed by atoms with Crippen LogP contribution in [-0.4, -0.2) is 51.5 Å². The second-order valence-corrected chi connectivity index (χ2v) is 5.36. The van der Waals surface area contributed by atoms with Crippen LogP contribution < -0.4 is 0 Å². The Bertz CT molecular complexity index is 564. The highest BCUT2D eigenvalue weighted by Gasteiger charge is 2.95. The van der Waals surface area contributed by atoms with Gasteiger partial charge in [0.2, 0.25) is 0 Å². The van der Waals surface area contributed by atoms with Gasteiger partial charge in [-0.15, -0.1) is 4.94 Å². The molecule has 0 saturated carbocycles. The van der Waals surface area contributed by atoms with Gasteiger partial charge in [0.05, 0.1) is 12.0 Å². The zero-order valence-corrected chi connectivity index (χ0v) is 12.5. The van der Waals surface area contributed by atoms with Gasteiger partial charge in [-0.25, -0.2) is 0 Å². The van der Waals surface area contributed by atoms with Crippen LogP contribution in [0.3, 0.4) is 0 Å². The van der Waals surface area contributed by atoms with Gasteiger partial charge in [-0.1, -0.05) is 0 Å². The Hall–Kier alpha value is -0.920. The minimum Gasteiger partial charge on any atom is -0.325 e. The van der Waals surface area contributed by atoms with Crippen LogP contribution in [0.5, 0.6) is 0 Å². The highest BCUT2D eigenvalue weighted by molar-refractivity contribution is 7.94. The fourth-order valence-electron chi connectivity index (χ4n) is 1.27. The first-order valence-corrected chi connectivity index (χ1v) is 6.29. The van der Waals surface area contributed by atoms with E-state index in [1.54, 1.807) is 0 Å². The molecular weight excluding hydrogens is 483 g/mol.